The Labute approximate surface area is 269 Å². The quantitative estimate of drug-likeness (QED) is 0.184. The number of allylic oxidation sites excluding steroid dienone is 1. The Morgan fingerprint density at radius 2 is 2.00 bits per heavy atom. The van der Waals surface area contributed by atoms with Gasteiger partial charge < -0.3 is 16.1 Å². The Hall–Kier alpha value is -3.98. The molecule has 1 aromatic carbocycles. The Kier molecular flexibility index (Phi) is 8.70. The molecule has 1 atom stereocenters. The van der Waals surface area contributed by atoms with E-state index in [4.69, 9.17) is 23.2 Å². The number of hydrogen-bond acceptors (Lipinski definition) is 8. The number of rotatable bonds is 9. The molecule has 0 bridgehead atoms. The largest absolute Gasteiger partial charge is 0.413 e. The van der Waals surface area contributed by atoms with Gasteiger partial charge in [-0.1, -0.05) is 62.7 Å². The normalized spacial score (nSPS) is 16.9. The SMILES string of the molecule is C=C(c1cccnc1/C(Cl)=C\C)[C@H](Nc1cc(Cl)c2ncc(C#N)c(NCC(C)(C)C)c2c1)C1=CN(C2(C(F)(F)F)CC2)NN1. The average molecular weight is 658 g/mol. The number of benzene rings is 1. The zero-order valence-electron chi connectivity index (χ0n) is 25.2. The van der Waals surface area contributed by atoms with Crippen molar-refractivity contribution < 1.29 is 13.2 Å². The van der Waals surface area contributed by atoms with Crippen LogP contribution >= 0.6 is 23.2 Å². The van der Waals surface area contributed by atoms with Crippen molar-refractivity contribution in [2.45, 2.75) is 58.3 Å². The number of anilines is 2. The molecule has 45 heavy (non-hydrogen) atoms. The lowest BCUT2D eigenvalue weighted by Gasteiger charge is -2.28. The minimum Gasteiger partial charge on any atom is -0.383 e. The smallest absolute Gasteiger partial charge is 0.383 e. The van der Waals surface area contributed by atoms with Crippen molar-refractivity contribution in [3.63, 3.8) is 0 Å². The molecule has 13 heteroatoms. The first-order valence-electron chi connectivity index (χ1n) is 14.3. The van der Waals surface area contributed by atoms with Crippen LogP contribution in [0.4, 0.5) is 24.5 Å². The van der Waals surface area contributed by atoms with Crippen molar-refractivity contribution in [1.29, 1.82) is 5.26 Å². The van der Waals surface area contributed by atoms with Gasteiger partial charge in [0.15, 0.2) is 5.54 Å². The van der Waals surface area contributed by atoms with Crippen molar-refractivity contribution in [3.8, 4) is 6.07 Å². The van der Waals surface area contributed by atoms with Gasteiger partial charge in [0.25, 0.3) is 0 Å². The Morgan fingerprint density at radius 3 is 2.62 bits per heavy atom. The summed E-state index contributed by atoms with van der Waals surface area (Å²) in [6, 6.07) is 8.43. The van der Waals surface area contributed by atoms with E-state index >= 15 is 0 Å². The zero-order valence-corrected chi connectivity index (χ0v) is 26.7. The second-order valence-corrected chi connectivity index (χ2v) is 13.1. The van der Waals surface area contributed by atoms with E-state index in [-0.39, 0.29) is 18.3 Å². The molecule has 0 saturated heterocycles. The maximum atomic E-state index is 14.0. The van der Waals surface area contributed by atoms with Gasteiger partial charge >= 0.3 is 6.18 Å². The summed E-state index contributed by atoms with van der Waals surface area (Å²) in [7, 11) is 0. The van der Waals surface area contributed by atoms with Crippen LogP contribution in [-0.2, 0) is 0 Å². The first-order valence-corrected chi connectivity index (χ1v) is 15.0. The average Bonchev–Trinajstić information content (AvgIpc) is 3.68. The van der Waals surface area contributed by atoms with Crippen LogP contribution in [0.5, 0.6) is 0 Å². The summed E-state index contributed by atoms with van der Waals surface area (Å²) in [4.78, 5) is 8.87. The minimum absolute atomic E-state index is 0.0312. The van der Waals surface area contributed by atoms with Gasteiger partial charge in [0.2, 0.25) is 0 Å². The number of aromatic nitrogens is 2. The van der Waals surface area contributed by atoms with Crippen LogP contribution in [0.15, 0.2) is 61.2 Å². The number of halogens is 5. The first-order chi connectivity index (χ1) is 21.2. The number of pyridine rings is 2. The molecule has 2 aromatic heterocycles. The molecular weight excluding hydrogens is 624 g/mol. The molecule has 4 N–H and O–H groups in total. The molecule has 1 saturated carbocycles. The molecule has 0 radical (unpaired) electrons. The monoisotopic (exact) mass is 656 g/mol. The van der Waals surface area contributed by atoms with Gasteiger partial charge in [0, 0.05) is 41.8 Å². The van der Waals surface area contributed by atoms with Gasteiger partial charge in [-0.2, -0.15) is 18.4 Å². The Morgan fingerprint density at radius 1 is 1.27 bits per heavy atom. The molecular formula is C32H33Cl2F3N8. The zero-order chi connectivity index (χ0) is 32.7. The standard InChI is InChI=1S/C32H33Cl2F3N8/c1-6-23(33)28-21(8-7-11-39-28)18(2)26(25-16-45(44-43-25)31(9-10-31)32(35,36)37)42-20-12-22-27(41-17-30(3,4)5)19(14-38)15-40-29(22)24(34)13-20/h6-8,11-13,15-16,26,42-44H,2,9-10,17H2,1,3-5H3,(H,40,41)/b23-6+/t26-/m0/s1. The number of alkyl halides is 3. The fourth-order valence-corrected chi connectivity index (χ4v) is 5.54. The second kappa shape index (κ2) is 12.1. The summed E-state index contributed by atoms with van der Waals surface area (Å²) in [6.07, 6.45) is 1.70. The Balaban J connectivity index is 1.61. The molecule has 236 valence electrons. The van der Waals surface area contributed by atoms with Crippen LogP contribution in [0.1, 0.15) is 57.4 Å². The first kappa shape index (κ1) is 32.4. The van der Waals surface area contributed by atoms with Crippen molar-refractivity contribution in [3.05, 3.63) is 83.1 Å². The van der Waals surface area contributed by atoms with E-state index in [1.54, 1.807) is 37.4 Å². The number of nitrogens with zero attached hydrogens (tertiary/aromatic N) is 4. The third-order valence-corrected chi connectivity index (χ3v) is 8.43. The van der Waals surface area contributed by atoms with Crippen LogP contribution in [0.25, 0.3) is 21.5 Å². The number of fused-ring (bicyclic) bond motifs is 1. The van der Waals surface area contributed by atoms with Crippen LogP contribution < -0.4 is 21.6 Å². The molecule has 3 heterocycles. The molecule has 0 amide bonds. The number of nitrogens with one attached hydrogen (secondary N) is 4. The van der Waals surface area contributed by atoms with Gasteiger partial charge in [0.1, 0.15) is 6.07 Å². The van der Waals surface area contributed by atoms with E-state index < -0.39 is 17.8 Å². The predicted molar refractivity (Wildman–Crippen MR) is 174 cm³/mol. The van der Waals surface area contributed by atoms with Gasteiger partial charge in [-0.25, -0.2) is 0 Å². The highest BCUT2D eigenvalue weighted by molar-refractivity contribution is 6.48. The van der Waals surface area contributed by atoms with Crippen molar-refractivity contribution in [1.82, 2.24) is 25.9 Å². The van der Waals surface area contributed by atoms with E-state index in [0.717, 1.165) is 5.01 Å². The predicted octanol–water partition coefficient (Wildman–Crippen LogP) is 7.97. The van der Waals surface area contributed by atoms with E-state index in [1.807, 2.05) is 6.07 Å². The van der Waals surface area contributed by atoms with Crippen LogP contribution in [0.3, 0.4) is 0 Å². The maximum Gasteiger partial charge on any atom is 0.413 e. The van der Waals surface area contributed by atoms with Crippen LogP contribution in [-0.4, -0.2) is 39.3 Å². The van der Waals surface area contributed by atoms with Gasteiger partial charge in [-0.15, -0.1) is 5.53 Å². The van der Waals surface area contributed by atoms with Gasteiger partial charge in [-0.3, -0.25) is 15.0 Å². The number of hydrogen-bond donors (Lipinski definition) is 4. The van der Waals surface area contributed by atoms with Crippen molar-refractivity contribution in [2.75, 3.05) is 17.2 Å². The fraction of sp³-hybridized carbons (Fsp3) is 0.344. The lowest BCUT2D eigenvalue weighted by Crippen LogP contribution is -2.52. The summed E-state index contributed by atoms with van der Waals surface area (Å²) < 4.78 is 42.0. The summed E-state index contributed by atoms with van der Waals surface area (Å²) in [6.45, 7) is 12.9. The third-order valence-electron chi connectivity index (χ3n) is 7.75. The minimum atomic E-state index is -4.43. The van der Waals surface area contributed by atoms with E-state index in [2.05, 4.69) is 65.0 Å². The maximum absolute atomic E-state index is 14.0. The lowest BCUT2D eigenvalue weighted by molar-refractivity contribution is -0.195. The second-order valence-electron chi connectivity index (χ2n) is 12.3. The van der Waals surface area contributed by atoms with Crippen LogP contribution in [0, 0.1) is 16.7 Å². The highest BCUT2D eigenvalue weighted by atomic mass is 35.5. The highest BCUT2D eigenvalue weighted by Gasteiger charge is 2.67. The van der Waals surface area contributed by atoms with E-state index in [0.29, 0.717) is 67.0 Å². The van der Waals surface area contributed by atoms with Crippen molar-refractivity contribution >= 4 is 56.1 Å². The summed E-state index contributed by atoms with van der Waals surface area (Å²) in [5, 5.41) is 19.1. The Bertz CT molecular complexity index is 1750. The summed E-state index contributed by atoms with van der Waals surface area (Å²) in [5.41, 5.74) is 7.42. The molecule has 0 spiro atoms. The van der Waals surface area contributed by atoms with Crippen molar-refractivity contribution in [2.24, 2.45) is 5.41 Å². The topological polar surface area (TPSA) is 101 Å². The number of hydrazine groups is 2. The fourth-order valence-electron chi connectivity index (χ4n) is 5.12. The number of nitriles is 1. The van der Waals surface area contributed by atoms with Gasteiger partial charge in [0.05, 0.1) is 44.3 Å². The van der Waals surface area contributed by atoms with E-state index in [9.17, 15) is 18.4 Å². The summed E-state index contributed by atoms with van der Waals surface area (Å²) >= 11 is 13.2. The molecule has 2 aliphatic rings. The third kappa shape index (κ3) is 6.41. The lowest BCUT2D eigenvalue weighted by atomic mass is 9.95. The summed E-state index contributed by atoms with van der Waals surface area (Å²) in [5.74, 6) is 0. The molecule has 5 rings (SSSR count). The molecule has 0 unspecified atom stereocenters. The molecule has 3 aromatic rings. The van der Waals surface area contributed by atoms with Gasteiger partial charge in [-0.05, 0) is 49.0 Å². The molecule has 8 nitrogen and oxygen atoms in total. The molecule has 1 fully saturated rings. The molecule has 1 aliphatic heterocycles. The van der Waals surface area contributed by atoms with Crippen LogP contribution in [0.2, 0.25) is 5.02 Å². The molecule has 1 aliphatic carbocycles. The highest BCUT2D eigenvalue weighted by Crippen LogP contribution is 2.53. The van der Waals surface area contributed by atoms with E-state index in [1.165, 1.54) is 12.4 Å².